The van der Waals surface area contributed by atoms with Gasteiger partial charge in [0.15, 0.2) is 0 Å². The number of benzene rings is 1. The van der Waals surface area contributed by atoms with E-state index in [1.54, 1.807) is 5.66 Å². The summed E-state index contributed by atoms with van der Waals surface area (Å²) in [5.41, 5.74) is 6.00. The minimum atomic E-state index is -0.220. The van der Waals surface area contributed by atoms with Gasteiger partial charge < -0.3 is 6.42 Å². The van der Waals surface area contributed by atoms with Crippen molar-refractivity contribution in [1.82, 2.24) is 0 Å². The molecule has 0 bridgehead atoms. The normalized spacial score (nSPS) is 24.3. The van der Waals surface area contributed by atoms with E-state index in [2.05, 4.69) is 131 Å². The van der Waals surface area contributed by atoms with Crippen LogP contribution in [0.5, 0.6) is 0 Å². The molecule has 194 valence electrons. The summed E-state index contributed by atoms with van der Waals surface area (Å²) in [6.45, 7) is 9.25. The number of unbranched alkanes of at least 4 members (excludes halogenated alkanes) is 1. The molecule has 0 unspecified atom stereocenters. The van der Waals surface area contributed by atoms with Gasteiger partial charge in [-0.05, 0) is 92.9 Å². The topological polar surface area (TPSA) is 0 Å². The van der Waals surface area contributed by atoms with Crippen molar-refractivity contribution in [2.24, 2.45) is 0 Å². The van der Waals surface area contributed by atoms with Crippen molar-refractivity contribution in [3.63, 3.8) is 0 Å². The molecule has 2 saturated carbocycles. The van der Waals surface area contributed by atoms with Crippen molar-refractivity contribution in [1.29, 1.82) is 0 Å². The Bertz CT molecular complexity index is 612. The molecule has 1 aliphatic heterocycles. The Morgan fingerprint density at radius 1 is 0.914 bits per heavy atom. The second kappa shape index (κ2) is 20.8. The Balaban J connectivity index is 0.000000335. The molecule has 2 aliphatic carbocycles. The zero-order valence-electron chi connectivity index (χ0n) is 21.5. The van der Waals surface area contributed by atoms with Gasteiger partial charge in [-0.25, -0.2) is 0 Å². The van der Waals surface area contributed by atoms with Crippen molar-refractivity contribution >= 4 is 40.7 Å². The van der Waals surface area contributed by atoms with Crippen molar-refractivity contribution in [2.75, 3.05) is 0 Å². The summed E-state index contributed by atoms with van der Waals surface area (Å²) in [4.78, 5) is 0. The van der Waals surface area contributed by atoms with Gasteiger partial charge in [0.1, 0.15) is 0 Å². The van der Waals surface area contributed by atoms with E-state index < -0.39 is 0 Å². The van der Waals surface area contributed by atoms with E-state index in [0.29, 0.717) is 0 Å². The fraction of sp³-hybridized carbons (Fsp3) is 0.433. The second-order valence-electron chi connectivity index (χ2n) is 8.75. The molecule has 0 aromatic heterocycles. The first kappa shape index (κ1) is 35.0. The van der Waals surface area contributed by atoms with Gasteiger partial charge in [0.05, 0.1) is 0 Å². The zero-order valence-corrected chi connectivity index (χ0v) is 28.1. The molecule has 1 aromatic rings. The van der Waals surface area contributed by atoms with Crippen molar-refractivity contribution < 1.29 is 32.7 Å². The van der Waals surface area contributed by atoms with Gasteiger partial charge in [0, 0.05) is 11.3 Å². The van der Waals surface area contributed by atoms with Crippen molar-refractivity contribution in [2.45, 2.75) is 83.2 Å². The molecule has 5 heteroatoms. The molecule has 4 atom stereocenters. The molecule has 0 nitrogen and oxygen atoms in total. The predicted molar refractivity (Wildman–Crippen MR) is 161 cm³/mol. The summed E-state index contributed by atoms with van der Waals surface area (Å²) in [5, 5.41) is 1.51. The van der Waals surface area contributed by atoms with Crippen LogP contribution in [0.15, 0.2) is 30.3 Å². The maximum absolute atomic E-state index is 2.72. The Hall–Kier alpha value is 1.99. The summed E-state index contributed by atoms with van der Waals surface area (Å²) in [7, 11) is -0.00315. The standard InChI is InChI=1S/C18H23P.C12H18P.Fe.HI.Pd/c1-3-5-11-16(4-2)19(18-14-9-10-15-18)17-12-7-6-8-13-17;1-3-10-9-11(4-2)13(10)12-7-5-6-8-12;;;/h5-10,12-16H,3-4,11H2,1-2H3;5-8,10-11H,3-4,9H2,1-2H3;;1H;/q-1;;+2;;+2/p-1/t16-,19+;10-,11-;;;/m00.../s1. The van der Waals surface area contributed by atoms with Crippen LogP contribution in [-0.2, 0) is 32.7 Å². The van der Waals surface area contributed by atoms with Gasteiger partial charge in [-0.3, -0.25) is 0 Å². The summed E-state index contributed by atoms with van der Waals surface area (Å²) in [5.74, 6) is 0. The molecule has 3 aliphatic rings. The Labute approximate surface area is 253 Å². The van der Waals surface area contributed by atoms with Crippen LogP contribution in [0.1, 0.15) is 66.2 Å². The summed E-state index contributed by atoms with van der Waals surface area (Å²) in [6, 6.07) is 11.1. The van der Waals surface area contributed by atoms with Crippen LogP contribution in [0.4, 0.5) is 0 Å². The Kier molecular flexibility index (Phi) is 20.8. The molecular formula is C30H41FeIP2Pd+2. The van der Waals surface area contributed by atoms with Gasteiger partial charge in [-0.2, -0.15) is 12.8 Å². The molecule has 0 spiro atoms. The Morgan fingerprint density at radius 3 is 1.94 bits per heavy atom. The molecule has 0 N–H and O–H groups in total. The molecule has 10 radical (unpaired) electrons. The predicted octanol–water partition coefficient (Wildman–Crippen LogP) is 9.61. The van der Waals surface area contributed by atoms with Crippen LogP contribution in [0.2, 0.25) is 0 Å². The molecule has 0 amide bonds. The van der Waals surface area contributed by atoms with E-state index >= 15 is 0 Å². The van der Waals surface area contributed by atoms with E-state index in [1.165, 1.54) is 49.5 Å². The fourth-order valence-electron chi connectivity index (χ4n) is 4.88. The van der Waals surface area contributed by atoms with Crippen LogP contribution < -0.4 is 5.30 Å². The first-order chi connectivity index (χ1) is 16.7. The molecule has 1 heterocycles. The minimum absolute atomic E-state index is 0. The third kappa shape index (κ3) is 10.8. The second-order valence-corrected chi connectivity index (χ2v) is 14.0. The average Bonchev–Trinajstić information content (AvgIpc) is 3.59. The van der Waals surface area contributed by atoms with E-state index in [4.69, 9.17) is 0 Å². The summed E-state index contributed by atoms with van der Waals surface area (Å²) < 4.78 is 0. The molecular weight excluding hydrogens is 711 g/mol. The monoisotopic (exact) mass is 752 g/mol. The van der Waals surface area contributed by atoms with Crippen molar-refractivity contribution in [3.05, 3.63) is 99.4 Å². The summed E-state index contributed by atoms with van der Waals surface area (Å²) >= 11 is 4.72. The summed E-state index contributed by atoms with van der Waals surface area (Å²) in [6.07, 6.45) is 28.3. The van der Waals surface area contributed by atoms with E-state index in [9.17, 15) is 0 Å². The van der Waals surface area contributed by atoms with Crippen LogP contribution in [-0.4, -0.2) is 17.0 Å². The van der Waals surface area contributed by atoms with E-state index in [-0.39, 0.29) is 32.9 Å². The first-order valence-corrected chi connectivity index (χ1v) is 20.2. The van der Waals surface area contributed by atoms with Gasteiger partial charge in [0.25, 0.3) is 0 Å². The average molecular weight is 753 g/mol. The molecule has 3 fully saturated rings. The van der Waals surface area contributed by atoms with E-state index in [0.717, 1.165) is 17.0 Å². The zero-order chi connectivity index (χ0) is 24.8. The number of rotatable bonds is 10. The third-order valence-electron chi connectivity index (χ3n) is 6.74. The molecule has 1 saturated heterocycles. The number of halogens is 1. The quantitative estimate of drug-likeness (QED) is 0.0968. The van der Waals surface area contributed by atoms with Gasteiger partial charge >= 0.3 is 52.2 Å². The van der Waals surface area contributed by atoms with Gasteiger partial charge in [-0.15, -0.1) is 0 Å². The third-order valence-corrected chi connectivity index (χ3v) is 13.4. The van der Waals surface area contributed by atoms with Crippen LogP contribution >= 0.6 is 35.4 Å². The number of hydrogen-bond donors (Lipinski definition) is 0. The molecule has 4 rings (SSSR count). The van der Waals surface area contributed by atoms with Gasteiger partial charge in [-0.1, -0.05) is 80.3 Å². The van der Waals surface area contributed by atoms with E-state index in [1.807, 2.05) is 19.5 Å². The van der Waals surface area contributed by atoms with Gasteiger partial charge in [0.2, 0.25) is 0 Å². The molecule has 1 aromatic carbocycles. The first-order valence-electron chi connectivity index (χ1n) is 12.7. The Morgan fingerprint density at radius 2 is 1.46 bits per heavy atom. The van der Waals surface area contributed by atoms with Crippen LogP contribution in [0.25, 0.3) is 0 Å². The maximum atomic E-state index is 2.72. The SMILES string of the molecule is CC[C@H]1C[C@H](CC)P1[C]1[CH][CH][CH][CH]1.CC[CH-]C[C@H](CC)[P@@]([C]1[CH][CH][CH][CH]1)c1ccccc1.[Fe+2].[Pd+][I]. The van der Waals surface area contributed by atoms with Crippen LogP contribution in [0, 0.1) is 69.1 Å². The number of hydrogen-bond acceptors (Lipinski definition) is 0. The van der Waals surface area contributed by atoms with Crippen LogP contribution in [0.3, 0.4) is 0 Å². The fourth-order valence-corrected chi connectivity index (χ4v) is 11.0. The molecule has 35 heavy (non-hydrogen) atoms. The van der Waals surface area contributed by atoms with Crippen molar-refractivity contribution in [3.8, 4) is 0 Å².